The summed E-state index contributed by atoms with van der Waals surface area (Å²) in [6.07, 6.45) is 10.4. The predicted molar refractivity (Wildman–Crippen MR) is 78.2 cm³/mol. The summed E-state index contributed by atoms with van der Waals surface area (Å²) in [5, 5.41) is 0. The monoisotopic (exact) mass is 278 g/mol. The lowest BCUT2D eigenvalue weighted by molar-refractivity contribution is -0.141. The second kappa shape index (κ2) is 7.05. The number of ketones is 1. The van der Waals surface area contributed by atoms with Crippen LogP contribution in [0.1, 0.15) is 58.8 Å². The first-order chi connectivity index (χ1) is 9.56. The van der Waals surface area contributed by atoms with Crippen molar-refractivity contribution in [2.24, 2.45) is 17.8 Å². The van der Waals surface area contributed by atoms with Crippen LogP contribution >= 0.6 is 0 Å². The van der Waals surface area contributed by atoms with Crippen LogP contribution in [-0.4, -0.2) is 17.9 Å². The molecule has 0 amide bonds. The number of carbonyl (C=O) groups is 2. The molecule has 0 aromatic heterocycles. The minimum atomic E-state index is -0.0712. The minimum Gasteiger partial charge on any atom is -0.462 e. The van der Waals surface area contributed by atoms with E-state index in [-0.39, 0.29) is 17.9 Å². The van der Waals surface area contributed by atoms with Crippen LogP contribution in [0.25, 0.3) is 0 Å². The number of allylic oxidation sites excluding steroid dienone is 2. The third kappa shape index (κ3) is 4.19. The van der Waals surface area contributed by atoms with Gasteiger partial charge in [-0.15, -0.1) is 0 Å². The molecule has 1 aliphatic carbocycles. The Hall–Kier alpha value is -1.12. The maximum Gasteiger partial charge on any atom is 0.306 e. The van der Waals surface area contributed by atoms with Crippen molar-refractivity contribution < 1.29 is 14.3 Å². The molecule has 1 saturated carbocycles. The van der Waals surface area contributed by atoms with Gasteiger partial charge < -0.3 is 4.74 Å². The maximum atomic E-state index is 11.8. The van der Waals surface area contributed by atoms with Crippen LogP contribution in [0.15, 0.2) is 12.2 Å². The smallest absolute Gasteiger partial charge is 0.306 e. The van der Waals surface area contributed by atoms with Crippen LogP contribution in [0.3, 0.4) is 0 Å². The van der Waals surface area contributed by atoms with Crippen LogP contribution in [0.4, 0.5) is 0 Å². The van der Waals surface area contributed by atoms with Crippen LogP contribution in [0.5, 0.6) is 0 Å². The number of ether oxygens (including phenoxy) is 1. The first kappa shape index (κ1) is 15.3. The summed E-state index contributed by atoms with van der Waals surface area (Å²) in [6, 6.07) is 0. The molecule has 3 nitrogen and oxygen atoms in total. The first-order valence-electron chi connectivity index (χ1n) is 7.96. The van der Waals surface area contributed by atoms with Gasteiger partial charge in [0.1, 0.15) is 6.10 Å². The molecule has 20 heavy (non-hydrogen) atoms. The second-order valence-corrected chi connectivity index (χ2v) is 6.60. The van der Waals surface area contributed by atoms with Crippen LogP contribution < -0.4 is 0 Å². The van der Waals surface area contributed by atoms with E-state index in [1.807, 2.05) is 6.08 Å². The standard InChI is InChI=1S/C17H26O3/c1-12(2)5-3-4-6-14(18)9-7-13-8-10-16-15(13)11-17(19)20-16/h7,9,12-13,15-16H,3-6,8,10-11H2,1-2H3/b9-7+/t13-,15+,16-/m0/s1. The number of hydrogen-bond donors (Lipinski definition) is 0. The molecule has 112 valence electrons. The Kier molecular flexibility index (Phi) is 5.38. The molecule has 0 spiro atoms. The van der Waals surface area contributed by atoms with Crippen LogP contribution in [0, 0.1) is 17.8 Å². The zero-order valence-electron chi connectivity index (χ0n) is 12.6. The molecule has 0 aromatic rings. The third-order valence-corrected chi connectivity index (χ3v) is 4.48. The number of carbonyl (C=O) groups excluding carboxylic acids is 2. The molecule has 2 aliphatic rings. The highest BCUT2D eigenvalue weighted by Gasteiger charge is 2.43. The highest BCUT2D eigenvalue weighted by molar-refractivity contribution is 5.89. The van der Waals surface area contributed by atoms with Crippen molar-refractivity contribution in [1.29, 1.82) is 0 Å². The van der Waals surface area contributed by atoms with Gasteiger partial charge in [-0.3, -0.25) is 9.59 Å². The molecule has 1 aliphatic heterocycles. The maximum absolute atomic E-state index is 11.8. The number of fused-ring (bicyclic) bond motifs is 1. The van der Waals surface area contributed by atoms with Crippen molar-refractivity contribution in [3.8, 4) is 0 Å². The van der Waals surface area contributed by atoms with Crippen molar-refractivity contribution in [3.63, 3.8) is 0 Å². The van der Waals surface area contributed by atoms with E-state index < -0.39 is 0 Å². The highest BCUT2D eigenvalue weighted by Crippen LogP contribution is 2.41. The second-order valence-electron chi connectivity index (χ2n) is 6.60. The molecular formula is C17H26O3. The summed E-state index contributed by atoms with van der Waals surface area (Å²) < 4.78 is 5.27. The van der Waals surface area contributed by atoms with Crippen molar-refractivity contribution in [2.75, 3.05) is 0 Å². The molecule has 0 aromatic carbocycles. The Morgan fingerprint density at radius 1 is 1.35 bits per heavy atom. The summed E-state index contributed by atoms with van der Waals surface area (Å²) >= 11 is 0. The molecule has 2 fully saturated rings. The molecule has 0 N–H and O–H groups in total. The van der Waals surface area contributed by atoms with E-state index in [4.69, 9.17) is 4.74 Å². The molecule has 3 heteroatoms. The van der Waals surface area contributed by atoms with Gasteiger partial charge in [0.2, 0.25) is 0 Å². The normalized spacial score (nSPS) is 29.1. The Morgan fingerprint density at radius 3 is 2.90 bits per heavy atom. The van der Waals surface area contributed by atoms with Crippen LogP contribution in [0.2, 0.25) is 0 Å². The number of rotatable bonds is 7. The number of esters is 1. The van der Waals surface area contributed by atoms with Gasteiger partial charge in [0, 0.05) is 12.3 Å². The number of unbranched alkanes of at least 4 members (excludes halogenated alkanes) is 1. The lowest BCUT2D eigenvalue weighted by atomic mass is 9.92. The van der Waals surface area contributed by atoms with E-state index in [1.54, 1.807) is 6.08 Å². The number of hydrogen-bond acceptors (Lipinski definition) is 3. The minimum absolute atomic E-state index is 0.0712. The predicted octanol–water partition coefficient (Wildman–Crippen LogP) is 3.67. The molecule has 2 rings (SSSR count). The van der Waals surface area contributed by atoms with Crippen LogP contribution in [-0.2, 0) is 14.3 Å². The van der Waals surface area contributed by atoms with E-state index >= 15 is 0 Å². The van der Waals surface area contributed by atoms with Gasteiger partial charge in [0.05, 0.1) is 6.42 Å². The zero-order chi connectivity index (χ0) is 14.5. The molecule has 3 atom stereocenters. The average molecular weight is 278 g/mol. The van der Waals surface area contributed by atoms with Crippen molar-refractivity contribution >= 4 is 11.8 Å². The van der Waals surface area contributed by atoms with Gasteiger partial charge in [0.15, 0.2) is 5.78 Å². The lowest BCUT2D eigenvalue weighted by Crippen LogP contribution is -2.12. The van der Waals surface area contributed by atoms with E-state index in [9.17, 15) is 9.59 Å². The van der Waals surface area contributed by atoms with Gasteiger partial charge in [-0.2, -0.15) is 0 Å². The SMILES string of the molecule is CC(C)CCCCC(=O)/C=C/[C@H]1CC[C@@H]2OC(=O)C[C@@H]21. The van der Waals surface area contributed by atoms with Gasteiger partial charge >= 0.3 is 5.97 Å². The van der Waals surface area contributed by atoms with Gasteiger partial charge in [-0.1, -0.05) is 32.8 Å². The highest BCUT2D eigenvalue weighted by atomic mass is 16.5. The Bertz CT molecular complexity index is 384. The fraction of sp³-hybridized carbons (Fsp3) is 0.765. The summed E-state index contributed by atoms with van der Waals surface area (Å²) in [4.78, 5) is 23.1. The fourth-order valence-corrected chi connectivity index (χ4v) is 3.30. The van der Waals surface area contributed by atoms with Crippen molar-refractivity contribution in [1.82, 2.24) is 0 Å². The summed E-state index contributed by atoms with van der Waals surface area (Å²) in [5.74, 6) is 1.54. The quantitative estimate of drug-likeness (QED) is 0.405. The Labute approximate surface area is 121 Å². The third-order valence-electron chi connectivity index (χ3n) is 4.48. The summed E-state index contributed by atoms with van der Waals surface area (Å²) in [7, 11) is 0. The molecule has 0 unspecified atom stereocenters. The average Bonchev–Trinajstić information content (AvgIpc) is 2.91. The van der Waals surface area contributed by atoms with E-state index in [0.29, 0.717) is 24.7 Å². The summed E-state index contributed by atoms with van der Waals surface area (Å²) in [5.41, 5.74) is 0. The van der Waals surface area contributed by atoms with E-state index in [2.05, 4.69) is 13.8 Å². The molecule has 0 bridgehead atoms. The largest absolute Gasteiger partial charge is 0.462 e. The lowest BCUT2D eigenvalue weighted by Gasteiger charge is -2.11. The van der Waals surface area contributed by atoms with Gasteiger partial charge in [-0.25, -0.2) is 0 Å². The topological polar surface area (TPSA) is 43.4 Å². The molecule has 1 saturated heterocycles. The van der Waals surface area contributed by atoms with E-state index in [0.717, 1.165) is 31.6 Å². The fourth-order valence-electron chi connectivity index (χ4n) is 3.30. The van der Waals surface area contributed by atoms with Gasteiger partial charge in [-0.05, 0) is 37.2 Å². The van der Waals surface area contributed by atoms with Crippen molar-refractivity contribution in [3.05, 3.63) is 12.2 Å². The molecular weight excluding hydrogens is 252 g/mol. The molecule has 0 radical (unpaired) electrons. The first-order valence-corrected chi connectivity index (χ1v) is 7.96. The van der Waals surface area contributed by atoms with E-state index in [1.165, 1.54) is 6.42 Å². The Morgan fingerprint density at radius 2 is 2.15 bits per heavy atom. The van der Waals surface area contributed by atoms with Crippen molar-refractivity contribution in [2.45, 2.75) is 64.9 Å². The summed E-state index contributed by atoms with van der Waals surface area (Å²) in [6.45, 7) is 4.42. The molecule has 1 heterocycles. The zero-order valence-corrected chi connectivity index (χ0v) is 12.6. The Balaban J connectivity index is 1.70. The van der Waals surface area contributed by atoms with Gasteiger partial charge in [0.25, 0.3) is 0 Å².